The molecule has 0 saturated heterocycles. The summed E-state index contributed by atoms with van der Waals surface area (Å²) in [5.74, 6) is 1.73. The van der Waals surface area contributed by atoms with E-state index < -0.39 is 0 Å². The van der Waals surface area contributed by atoms with E-state index >= 15 is 0 Å². The van der Waals surface area contributed by atoms with Crippen molar-refractivity contribution >= 4 is 65.0 Å². The Balaban J connectivity index is 1.17. The molecule has 0 radical (unpaired) electrons. The van der Waals surface area contributed by atoms with Crippen molar-refractivity contribution in [1.29, 1.82) is 0 Å². The summed E-state index contributed by atoms with van der Waals surface area (Å²) in [6.07, 6.45) is 0. The standard InChI is InChI=1S/C55H33N3O/c1-2-16-35(17-3-1)50-44-25-8-6-22-41(44)42-23-7-9-26-45(42)51(50)55-57-53(56-54(58-55)47-29-14-28-46-43-24-10-11-30-48(43)59-52(46)47)38-20-12-19-37(33-38)40-27-13-18-36-32-31-34-15-4-5-21-39(34)49(36)40/h1-33H. The molecule has 4 heteroatoms. The van der Waals surface area contributed by atoms with Gasteiger partial charge in [-0.2, -0.15) is 0 Å². The van der Waals surface area contributed by atoms with Gasteiger partial charge in [-0.15, -0.1) is 0 Å². The minimum Gasteiger partial charge on any atom is -0.455 e. The normalized spacial score (nSPS) is 11.7. The Morgan fingerprint density at radius 2 is 0.847 bits per heavy atom. The average molecular weight is 752 g/mol. The number of aromatic nitrogens is 3. The highest BCUT2D eigenvalue weighted by Gasteiger charge is 2.23. The second-order valence-electron chi connectivity index (χ2n) is 15.1. The Morgan fingerprint density at radius 3 is 1.68 bits per heavy atom. The number of hydrogen-bond donors (Lipinski definition) is 0. The summed E-state index contributed by atoms with van der Waals surface area (Å²) in [7, 11) is 0. The zero-order valence-corrected chi connectivity index (χ0v) is 31.8. The molecule has 0 spiro atoms. The molecule has 2 aromatic heterocycles. The average Bonchev–Trinajstić information content (AvgIpc) is 3.70. The van der Waals surface area contributed by atoms with Crippen molar-refractivity contribution in [2.75, 3.05) is 0 Å². The molecule has 0 fully saturated rings. The van der Waals surface area contributed by atoms with Gasteiger partial charge in [0, 0.05) is 27.5 Å². The quantitative estimate of drug-likeness (QED) is 0.164. The van der Waals surface area contributed by atoms with Gasteiger partial charge in [-0.3, -0.25) is 0 Å². The minimum atomic E-state index is 0.549. The summed E-state index contributed by atoms with van der Waals surface area (Å²) in [6, 6.07) is 70.4. The summed E-state index contributed by atoms with van der Waals surface area (Å²) in [6.45, 7) is 0. The second kappa shape index (κ2) is 13.3. The molecule has 274 valence electrons. The van der Waals surface area contributed by atoms with E-state index in [4.69, 9.17) is 19.4 Å². The molecule has 0 aliphatic heterocycles. The van der Waals surface area contributed by atoms with Crippen LogP contribution in [0.25, 0.3) is 121 Å². The highest BCUT2D eigenvalue weighted by Crippen LogP contribution is 2.45. The highest BCUT2D eigenvalue weighted by molar-refractivity contribution is 6.21. The number of hydrogen-bond acceptors (Lipinski definition) is 4. The highest BCUT2D eigenvalue weighted by atomic mass is 16.3. The predicted molar refractivity (Wildman–Crippen MR) is 244 cm³/mol. The van der Waals surface area contributed by atoms with Crippen LogP contribution >= 0.6 is 0 Å². The van der Waals surface area contributed by atoms with Crippen LogP contribution in [0.4, 0.5) is 0 Å². The number of nitrogens with zero attached hydrogens (tertiary/aromatic N) is 3. The van der Waals surface area contributed by atoms with E-state index in [1.54, 1.807) is 0 Å². The smallest absolute Gasteiger partial charge is 0.167 e. The third-order valence-corrected chi connectivity index (χ3v) is 11.7. The van der Waals surface area contributed by atoms with Crippen molar-refractivity contribution in [2.45, 2.75) is 0 Å². The number of benzene rings is 10. The number of para-hydroxylation sites is 2. The predicted octanol–water partition coefficient (Wildman–Crippen LogP) is 14.7. The molecule has 0 aliphatic carbocycles. The Hall–Kier alpha value is -7.95. The fraction of sp³-hybridized carbons (Fsp3) is 0. The van der Waals surface area contributed by atoms with Crippen LogP contribution in [0.2, 0.25) is 0 Å². The first-order valence-electron chi connectivity index (χ1n) is 19.9. The number of rotatable bonds is 5. The summed E-state index contributed by atoms with van der Waals surface area (Å²) < 4.78 is 6.60. The largest absolute Gasteiger partial charge is 0.455 e. The SMILES string of the molecule is c1ccc(-c2c(-c3nc(-c4cccc(-c5cccc6ccc7ccccc7c56)c4)nc(-c4cccc5c4oc4ccccc45)n3)c3ccccc3c3ccccc23)cc1. The summed E-state index contributed by atoms with van der Waals surface area (Å²) in [4.78, 5) is 16.2. The van der Waals surface area contributed by atoms with Gasteiger partial charge < -0.3 is 4.42 Å². The summed E-state index contributed by atoms with van der Waals surface area (Å²) in [5.41, 5.74) is 8.68. The van der Waals surface area contributed by atoms with Crippen LogP contribution in [0.15, 0.2) is 205 Å². The summed E-state index contributed by atoms with van der Waals surface area (Å²) in [5, 5.41) is 11.5. The Morgan fingerprint density at radius 1 is 0.305 bits per heavy atom. The van der Waals surface area contributed by atoms with E-state index in [1.165, 1.54) is 26.9 Å². The van der Waals surface area contributed by atoms with Crippen molar-refractivity contribution in [3.8, 4) is 56.4 Å². The van der Waals surface area contributed by atoms with E-state index in [0.29, 0.717) is 17.5 Å². The fourth-order valence-electron chi connectivity index (χ4n) is 9.06. The minimum absolute atomic E-state index is 0.549. The zero-order valence-electron chi connectivity index (χ0n) is 31.8. The molecule has 4 nitrogen and oxygen atoms in total. The Kier molecular flexibility index (Phi) is 7.50. The van der Waals surface area contributed by atoms with Gasteiger partial charge in [0.1, 0.15) is 11.2 Å². The monoisotopic (exact) mass is 751 g/mol. The van der Waals surface area contributed by atoms with E-state index in [2.05, 4.69) is 182 Å². The van der Waals surface area contributed by atoms with Crippen LogP contribution in [0.3, 0.4) is 0 Å². The molecular formula is C55H33N3O. The van der Waals surface area contributed by atoms with Gasteiger partial charge in [0.05, 0.1) is 5.56 Å². The lowest BCUT2D eigenvalue weighted by Crippen LogP contribution is -2.02. The number of furan rings is 1. The van der Waals surface area contributed by atoms with Gasteiger partial charge in [0.25, 0.3) is 0 Å². The van der Waals surface area contributed by atoms with Gasteiger partial charge >= 0.3 is 0 Å². The molecule has 0 bridgehead atoms. The molecule has 0 N–H and O–H groups in total. The third kappa shape index (κ3) is 5.34. The first kappa shape index (κ1) is 33.2. The van der Waals surface area contributed by atoms with Gasteiger partial charge in [-0.25, -0.2) is 15.0 Å². The maximum Gasteiger partial charge on any atom is 0.167 e. The van der Waals surface area contributed by atoms with Crippen molar-refractivity contribution in [3.63, 3.8) is 0 Å². The molecule has 10 aromatic carbocycles. The lowest BCUT2D eigenvalue weighted by Gasteiger charge is -2.18. The zero-order chi connectivity index (χ0) is 38.9. The lowest BCUT2D eigenvalue weighted by molar-refractivity contribution is 0.669. The second-order valence-corrected chi connectivity index (χ2v) is 15.1. The van der Waals surface area contributed by atoms with Crippen LogP contribution < -0.4 is 0 Å². The molecular weight excluding hydrogens is 719 g/mol. The maximum atomic E-state index is 6.60. The molecule has 0 unspecified atom stereocenters. The first-order chi connectivity index (χ1) is 29.3. The summed E-state index contributed by atoms with van der Waals surface area (Å²) >= 11 is 0. The van der Waals surface area contributed by atoms with E-state index in [9.17, 15) is 0 Å². The molecule has 0 atom stereocenters. The number of fused-ring (bicyclic) bond motifs is 9. The van der Waals surface area contributed by atoms with Crippen LogP contribution in [0.1, 0.15) is 0 Å². The first-order valence-corrected chi connectivity index (χ1v) is 19.9. The Labute approximate surface area is 339 Å². The van der Waals surface area contributed by atoms with Gasteiger partial charge in [-0.05, 0) is 78.0 Å². The fourth-order valence-corrected chi connectivity index (χ4v) is 9.06. The van der Waals surface area contributed by atoms with E-state index in [0.717, 1.165) is 77.0 Å². The lowest BCUT2D eigenvalue weighted by atomic mass is 9.87. The van der Waals surface area contributed by atoms with Gasteiger partial charge in [0.15, 0.2) is 17.5 Å². The van der Waals surface area contributed by atoms with Gasteiger partial charge in [0.2, 0.25) is 0 Å². The Bertz CT molecular complexity index is 3620. The molecule has 2 heterocycles. The topological polar surface area (TPSA) is 51.8 Å². The molecule has 0 saturated carbocycles. The molecule has 0 aliphatic rings. The van der Waals surface area contributed by atoms with Crippen molar-refractivity contribution in [2.24, 2.45) is 0 Å². The molecule has 12 rings (SSSR count). The van der Waals surface area contributed by atoms with Crippen molar-refractivity contribution in [3.05, 3.63) is 200 Å². The molecule has 12 aromatic rings. The van der Waals surface area contributed by atoms with E-state index in [1.807, 2.05) is 18.2 Å². The van der Waals surface area contributed by atoms with Gasteiger partial charge in [-0.1, -0.05) is 182 Å². The third-order valence-electron chi connectivity index (χ3n) is 11.7. The molecule has 59 heavy (non-hydrogen) atoms. The van der Waals surface area contributed by atoms with Crippen molar-refractivity contribution < 1.29 is 4.42 Å². The van der Waals surface area contributed by atoms with Crippen LogP contribution in [-0.4, -0.2) is 15.0 Å². The van der Waals surface area contributed by atoms with Crippen LogP contribution in [-0.2, 0) is 0 Å². The maximum absolute atomic E-state index is 6.60. The molecule has 0 amide bonds. The van der Waals surface area contributed by atoms with Crippen LogP contribution in [0, 0.1) is 0 Å². The van der Waals surface area contributed by atoms with E-state index in [-0.39, 0.29) is 0 Å². The van der Waals surface area contributed by atoms with Crippen molar-refractivity contribution in [1.82, 2.24) is 15.0 Å². The van der Waals surface area contributed by atoms with Crippen LogP contribution in [0.5, 0.6) is 0 Å².